The molecular formula is C31H38FN3O3. The summed E-state index contributed by atoms with van der Waals surface area (Å²) in [5.41, 5.74) is 5.47. The zero-order valence-electron chi connectivity index (χ0n) is 22.5. The summed E-state index contributed by atoms with van der Waals surface area (Å²) >= 11 is 0. The Morgan fingerprint density at radius 3 is 2.63 bits per heavy atom. The van der Waals surface area contributed by atoms with Crippen molar-refractivity contribution in [1.82, 2.24) is 9.88 Å². The number of anilines is 1. The second-order valence-corrected chi connectivity index (χ2v) is 10.2. The number of likely N-dealkylation sites (tertiary alicyclic amines) is 1. The van der Waals surface area contributed by atoms with Gasteiger partial charge in [-0.15, -0.1) is 0 Å². The van der Waals surface area contributed by atoms with Crippen LogP contribution in [0.2, 0.25) is 0 Å². The van der Waals surface area contributed by atoms with E-state index in [0.717, 1.165) is 61.6 Å². The fraction of sp³-hybridized carbons (Fsp3) is 0.452. The van der Waals surface area contributed by atoms with E-state index in [1.54, 1.807) is 26.4 Å². The number of nitrogens with zero attached hydrogens (tertiary/aromatic N) is 2. The van der Waals surface area contributed by atoms with Crippen molar-refractivity contribution in [3.05, 3.63) is 76.7 Å². The molecule has 7 heteroatoms. The number of rotatable bonds is 10. The van der Waals surface area contributed by atoms with E-state index in [4.69, 9.17) is 19.2 Å². The van der Waals surface area contributed by atoms with Crippen LogP contribution in [0.1, 0.15) is 54.0 Å². The Morgan fingerprint density at radius 2 is 1.84 bits per heavy atom. The van der Waals surface area contributed by atoms with Crippen LogP contribution in [0.4, 0.5) is 10.1 Å². The first-order chi connectivity index (χ1) is 18.6. The van der Waals surface area contributed by atoms with Gasteiger partial charge in [0.2, 0.25) is 5.88 Å². The highest BCUT2D eigenvalue weighted by molar-refractivity contribution is 5.53. The summed E-state index contributed by atoms with van der Waals surface area (Å²) in [6, 6.07) is 15.4. The fourth-order valence-corrected chi connectivity index (χ4v) is 5.56. The highest BCUT2D eigenvalue weighted by Crippen LogP contribution is 2.37. The summed E-state index contributed by atoms with van der Waals surface area (Å²) < 4.78 is 31.4. The van der Waals surface area contributed by atoms with Crippen LogP contribution >= 0.6 is 0 Å². The summed E-state index contributed by atoms with van der Waals surface area (Å²) in [4.78, 5) is 7.22. The van der Waals surface area contributed by atoms with Crippen molar-refractivity contribution < 1.29 is 18.6 Å². The predicted molar refractivity (Wildman–Crippen MR) is 148 cm³/mol. The van der Waals surface area contributed by atoms with Crippen LogP contribution in [0.3, 0.4) is 0 Å². The molecule has 0 radical (unpaired) electrons. The molecule has 2 heterocycles. The standard InChI is InChI=1S/C31H38FN3O3/c1-36-26-10-9-23-19-25(8-7-24(23)20-26)31-28(11-13-30(34-31)37-2)33-21-22-6-12-29(27(32)18-22)38-17-16-35-14-4-3-5-15-35/h6,9-13,18,20,25,33H,3-5,7-8,14-17,19,21H2,1-2H3. The number of aromatic nitrogens is 1. The van der Waals surface area contributed by atoms with Crippen LogP contribution in [0, 0.1) is 5.82 Å². The van der Waals surface area contributed by atoms with E-state index in [1.165, 1.54) is 30.4 Å². The Bertz CT molecular complexity index is 1230. The van der Waals surface area contributed by atoms with Gasteiger partial charge in [-0.05, 0) is 92.2 Å². The maximum atomic E-state index is 14.8. The van der Waals surface area contributed by atoms with E-state index in [-0.39, 0.29) is 11.7 Å². The van der Waals surface area contributed by atoms with Gasteiger partial charge < -0.3 is 19.5 Å². The monoisotopic (exact) mass is 519 g/mol. The van der Waals surface area contributed by atoms with Crippen LogP contribution in [0.5, 0.6) is 17.4 Å². The summed E-state index contributed by atoms with van der Waals surface area (Å²) in [6.07, 6.45) is 6.66. The van der Waals surface area contributed by atoms with E-state index in [0.29, 0.717) is 24.8 Å². The fourth-order valence-electron chi connectivity index (χ4n) is 5.56. The van der Waals surface area contributed by atoms with Crippen molar-refractivity contribution >= 4 is 5.69 Å². The van der Waals surface area contributed by atoms with Gasteiger partial charge in [-0.25, -0.2) is 9.37 Å². The maximum absolute atomic E-state index is 14.8. The highest BCUT2D eigenvalue weighted by atomic mass is 19.1. The number of nitrogens with one attached hydrogen (secondary N) is 1. The van der Waals surface area contributed by atoms with E-state index in [2.05, 4.69) is 22.3 Å². The topological polar surface area (TPSA) is 55.9 Å². The van der Waals surface area contributed by atoms with Crippen LogP contribution in [-0.4, -0.2) is 50.3 Å². The molecule has 2 aromatic carbocycles. The van der Waals surface area contributed by atoms with Crippen molar-refractivity contribution in [3.8, 4) is 17.4 Å². The molecule has 0 amide bonds. The van der Waals surface area contributed by atoms with Gasteiger partial charge in [-0.2, -0.15) is 0 Å². The Morgan fingerprint density at radius 1 is 0.974 bits per heavy atom. The highest BCUT2D eigenvalue weighted by Gasteiger charge is 2.24. The summed E-state index contributed by atoms with van der Waals surface area (Å²) in [5.74, 6) is 1.75. The van der Waals surface area contributed by atoms with Gasteiger partial charge in [0.1, 0.15) is 12.4 Å². The molecule has 5 rings (SSSR count). The van der Waals surface area contributed by atoms with E-state index in [1.807, 2.05) is 24.3 Å². The zero-order valence-corrected chi connectivity index (χ0v) is 22.5. The van der Waals surface area contributed by atoms with E-state index < -0.39 is 0 Å². The lowest BCUT2D eigenvalue weighted by molar-refractivity contribution is 0.180. The third-order valence-electron chi connectivity index (χ3n) is 7.73. The molecule has 1 saturated heterocycles. The van der Waals surface area contributed by atoms with Crippen LogP contribution in [0.15, 0.2) is 48.5 Å². The van der Waals surface area contributed by atoms with Crippen molar-refractivity contribution in [1.29, 1.82) is 0 Å². The number of piperidine rings is 1. The summed E-state index contributed by atoms with van der Waals surface area (Å²) in [7, 11) is 3.34. The molecule has 1 aromatic heterocycles. The number of aryl methyl sites for hydroxylation is 1. The van der Waals surface area contributed by atoms with Crippen molar-refractivity contribution in [2.24, 2.45) is 0 Å². The first-order valence-corrected chi connectivity index (χ1v) is 13.7. The minimum Gasteiger partial charge on any atom is -0.497 e. The molecule has 1 aliphatic carbocycles. The Balaban J connectivity index is 1.23. The van der Waals surface area contributed by atoms with Gasteiger partial charge >= 0.3 is 0 Å². The number of hydrogen-bond donors (Lipinski definition) is 1. The molecule has 3 aromatic rings. The average molecular weight is 520 g/mol. The van der Waals surface area contributed by atoms with Crippen molar-refractivity contribution in [2.75, 3.05) is 45.8 Å². The first kappa shape index (κ1) is 26.3. The molecule has 0 bridgehead atoms. The SMILES string of the molecule is COc1ccc2c(c1)CCC(c1nc(OC)ccc1NCc1ccc(OCCN3CCCCC3)c(F)c1)C2. The van der Waals surface area contributed by atoms with Crippen molar-refractivity contribution in [2.45, 2.75) is 51.0 Å². The predicted octanol–water partition coefficient (Wildman–Crippen LogP) is 5.99. The Kier molecular flexibility index (Phi) is 8.64. The van der Waals surface area contributed by atoms with Crippen LogP contribution in [0.25, 0.3) is 0 Å². The normalized spacial score (nSPS) is 17.5. The number of fused-ring (bicyclic) bond motifs is 1. The molecule has 1 aliphatic heterocycles. The van der Waals surface area contributed by atoms with E-state index >= 15 is 0 Å². The second-order valence-electron chi connectivity index (χ2n) is 10.2. The number of pyridine rings is 1. The van der Waals surface area contributed by atoms with Gasteiger partial charge in [0, 0.05) is 25.1 Å². The molecule has 0 spiro atoms. The number of ether oxygens (including phenoxy) is 3. The number of hydrogen-bond acceptors (Lipinski definition) is 6. The van der Waals surface area contributed by atoms with Gasteiger partial charge in [0.05, 0.1) is 25.6 Å². The first-order valence-electron chi connectivity index (χ1n) is 13.7. The minimum atomic E-state index is -0.324. The lowest BCUT2D eigenvalue weighted by Gasteiger charge is -2.27. The third kappa shape index (κ3) is 6.38. The van der Waals surface area contributed by atoms with E-state index in [9.17, 15) is 4.39 Å². The van der Waals surface area contributed by atoms with Gasteiger partial charge in [-0.3, -0.25) is 4.90 Å². The Hall–Kier alpha value is -3.32. The molecule has 1 N–H and O–H groups in total. The molecule has 2 aliphatic rings. The van der Waals surface area contributed by atoms with Crippen molar-refractivity contribution in [3.63, 3.8) is 0 Å². The molecule has 0 saturated carbocycles. The van der Waals surface area contributed by atoms with Gasteiger partial charge in [0.15, 0.2) is 11.6 Å². The van der Waals surface area contributed by atoms with Crippen LogP contribution in [-0.2, 0) is 19.4 Å². The molecule has 1 fully saturated rings. The molecule has 1 atom stereocenters. The second kappa shape index (κ2) is 12.5. The molecule has 1 unspecified atom stereocenters. The average Bonchev–Trinajstić information content (AvgIpc) is 2.97. The smallest absolute Gasteiger partial charge is 0.213 e. The minimum absolute atomic E-state index is 0.265. The zero-order chi connectivity index (χ0) is 26.3. The lowest BCUT2D eigenvalue weighted by Crippen LogP contribution is -2.33. The molecule has 38 heavy (non-hydrogen) atoms. The molecule has 202 valence electrons. The van der Waals surface area contributed by atoms with Gasteiger partial charge in [-0.1, -0.05) is 18.6 Å². The lowest BCUT2D eigenvalue weighted by atomic mass is 9.81. The molecule has 6 nitrogen and oxygen atoms in total. The van der Waals surface area contributed by atoms with Gasteiger partial charge in [0.25, 0.3) is 0 Å². The maximum Gasteiger partial charge on any atom is 0.213 e. The number of halogens is 1. The quantitative estimate of drug-likeness (QED) is 0.355. The third-order valence-corrected chi connectivity index (χ3v) is 7.73. The molecular weight excluding hydrogens is 481 g/mol. The summed E-state index contributed by atoms with van der Waals surface area (Å²) in [6.45, 7) is 4.07. The van der Waals surface area contributed by atoms with Crippen LogP contribution < -0.4 is 19.5 Å². The largest absolute Gasteiger partial charge is 0.497 e. The number of methoxy groups -OCH3 is 2. The summed E-state index contributed by atoms with van der Waals surface area (Å²) in [5, 5.41) is 3.50. The Labute approximate surface area is 225 Å². The number of benzene rings is 2.